The van der Waals surface area contributed by atoms with Gasteiger partial charge in [-0.1, -0.05) is 35.9 Å². The topological polar surface area (TPSA) is 124 Å². The average Bonchev–Trinajstić information content (AvgIpc) is 2.60. The molecule has 7 heteroatoms. The first kappa shape index (κ1) is 16.1. The van der Waals surface area contributed by atoms with Crippen LogP contribution in [0.1, 0.15) is 28.2 Å². The molecule has 6 nitrogen and oxygen atoms in total. The number of anilines is 3. The first-order valence-corrected chi connectivity index (χ1v) is 8.19. The van der Waals surface area contributed by atoms with Crippen LogP contribution in [0.5, 0.6) is 11.6 Å². The maximum Gasteiger partial charge on any atom is 0.227 e. The normalized spacial score (nSPS) is 14.7. The third kappa shape index (κ3) is 2.30. The van der Waals surface area contributed by atoms with Crippen LogP contribution in [0.2, 0.25) is 5.02 Å². The molecule has 6 N–H and O–H groups in total. The van der Waals surface area contributed by atoms with Crippen molar-refractivity contribution in [1.29, 1.82) is 5.26 Å². The van der Waals surface area contributed by atoms with Gasteiger partial charge < -0.3 is 21.9 Å². The van der Waals surface area contributed by atoms with Gasteiger partial charge in [-0.25, -0.2) is 0 Å². The Labute approximate surface area is 154 Å². The number of nitriles is 1. The summed E-state index contributed by atoms with van der Waals surface area (Å²) in [7, 11) is 0. The lowest BCUT2D eigenvalue weighted by atomic mass is 9.82. The molecule has 0 saturated heterocycles. The molecule has 1 aliphatic heterocycles. The number of nitrogen functional groups attached to an aromatic ring is 3. The summed E-state index contributed by atoms with van der Waals surface area (Å²) < 4.78 is 5.91. The van der Waals surface area contributed by atoms with Gasteiger partial charge in [0.05, 0.1) is 11.3 Å². The van der Waals surface area contributed by atoms with Crippen LogP contribution in [0.15, 0.2) is 42.5 Å². The molecule has 4 rings (SSSR count). The SMILES string of the molecule is N#Cc1c(N)nc2c(c1N)[C@H](c1ccccc1Cl)c1ccc(N)cc1O2. The van der Waals surface area contributed by atoms with Gasteiger partial charge in [0.25, 0.3) is 0 Å². The predicted molar refractivity (Wildman–Crippen MR) is 101 cm³/mol. The first-order valence-electron chi connectivity index (χ1n) is 7.82. The van der Waals surface area contributed by atoms with E-state index in [1.54, 1.807) is 18.2 Å². The highest BCUT2D eigenvalue weighted by Gasteiger charge is 2.34. The zero-order valence-electron chi connectivity index (χ0n) is 13.5. The fourth-order valence-corrected chi connectivity index (χ4v) is 3.50. The van der Waals surface area contributed by atoms with Crippen molar-refractivity contribution in [2.45, 2.75) is 5.92 Å². The molecule has 26 heavy (non-hydrogen) atoms. The second kappa shape index (κ2) is 5.83. The van der Waals surface area contributed by atoms with Crippen molar-refractivity contribution in [3.05, 3.63) is 69.7 Å². The summed E-state index contributed by atoms with van der Waals surface area (Å²) in [5.74, 6) is 0.470. The number of benzene rings is 2. The van der Waals surface area contributed by atoms with E-state index >= 15 is 0 Å². The van der Waals surface area contributed by atoms with Crippen LogP contribution in [0.3, 0.4) is 0 Å². The third-order valence-corrected chi connectivity index (χ3v) is 4.78. The van der Waals surface area contributed by atoms with Crippen molar-refractivity contribution in [3.8, 4) is 17.7 Å². The number of pyridine rings is 1. The number of hydrogen-bond donors (Lipinski definition) is 3. The van der Waals surface area contributed by atoms with E-state index in [9.17, 15) is 5.26 Å². The largest absolute Gasteiger partial charge is 0.438 e. The summed E-state index contributed by atoms with van der Waals surface area (Å²) in [5.41, 5.74) is 21.2. The summed E-state index contributed by atoms with van der Waals surface area (Å²) in [6, 6.07) is 14.8. The van der Waals surface area contributed by atoms with E-state index in [0.29, 0.717) is 22.0 Å². The molecular formula is C19H14ClN5O. The lowest BCUT2D eigenvalue weighted by molar-refractivity contribution is 0.435. The second-order valence-corrected chi connectivity index (χ2v) is 6.38. The highest BCUT2D eigenvalue weighted by atomic mass is 35.5. The molecule has 3 aromatic rings. The minimum absolute atomic E-state index is 0.0222. The summed E-state index contributed by atoms with van der Waals surface area (Å²) in [5, 5.41) is 9.98. The molecule has 0 saturated carbocycles. The maximum absolute atomic E-state index is 9.41. The van der Waals surface area contributed by atoms with Crippen molar-refractivity contribution in [3.63, 3.8) is 0 Å². The predicted octanol–water partition coefficient (Wildman–Crippen LogP) is 3.64. The first-order chi connectivity index (χ1) is 12.5. The molecule has 2 aromatic carbocycles. The fourth-order valence-electron chi connectivity index (χ4n) is 3.26. The van der Waals surface area contributed by atoms with Gasteiger partial charge in [0.15, 0.2) is 0 Å². The van der Waals surface area contributed by atoms with Gasteiger partial charge in [-0.2, -0.15) is 10.2 Å². The Morgan fingerprint density at radius 2 is 1.85 bits per heavy atom. The molecule has 0 unspecified atom stereocenters. The smallest absolute Gasteiger partial charge is 0.227 e. The summed E-state index contributed by atoms with van der Waals surface area (Å²) >= 11 is 6.46. The lowest BCUT2D eigenvalue weighted by Crippen LogP contribution is -2.17. The number of fused-ring (bicyclic) bond motifs is 2. The molecule has 1 atom stereocenters. The van der Waals surface area contributed by atoms with Crippen molar-refractivity contribution in [2.24, 2.45) is 0 Å². The summed E-state index contributed by atoms with van der Waals surface area (Å²) in [6.07, 6.45) is 0. The molecule has 128 valence electrons. The van der Waals surface area contributed by atoms with Gasteiger partial charge in [0, 0.05) is 28.3 Å². The highest BCUT2D eigenvalue weighted by molar-refractivity contribution is 6.31. The molecule has 0 radical (unpaired) electrons. The molecule has 0 bridgehead atoms. The van der Waals surface area contributed by atoms with Crippen molar-refractivity contribution < 1.29 is 4.74 Å². The quantitative estimate of drug-likeness (QED) is 0.443. The monoisotopic (exact) mass is 363 g/mol. The minimum atomic E-state index is -0.358. The van der Waals surface area contributed by atoms with Crippen LogP contribution >= 0.6 is 11.6 Å². The van der Waals surface area contributed by atoms with Gasteiger partial charge in [0.1, 0.15) is 23.2 Å². The fraction of sp³-hybridized carbons (Fsp3) is 0.0526. The average molecular weight is 364 g/mol. The molecule has 0 aliphatic carbocycles. The van der Waals surface area contributed by atoms with Crippen LogP contribution in [-0.2, 0) is 0 Å². The van der Waals surface area contributed by atoms with E-state index in [1.165, 1.54) is 0 Å². The Bertz CT molecular complexity index is 1090. The van der Waals surface area contributed by atoms with Crippen LogP contribution < -0.4 is 21.9 Å². The van der Waals surface area contributed by atoms with E-state index < -0.39 is 0 Å². The van der Waals surface area contributed by atoms with E-state index in [2.05, 4.69) is 4.98 Å². The number of ether oxygens (including phenoxy) is 1. The zero-order valence-corrected chi connectivity index (χ0v) is 14.3. The van der Waals surface area contributed by atoms with Crippen LogP contribution in [0.4, 0.5) is 17.2 Å². The summed E-state index contributed by atoms with van der Waals surface area (Å²) in [4.78, 5) is 4.25. The highest BCUT2D eigenvalue weighted by Crippen LogP contribution is 2.51. The van der Waals surface area contributed by atoms with Crippen LogP contribution in [-0.4, -0.2) is 4.98 Å². The van der Waals surface area contributed by atoms with Gasteiger partial charge in [0.2, 0.25) is 5.88 Å². The Balaban J connectivity index is 2.08. The van der Waals surface area contributed by atoms with Gasteiger partial charge in [-0.05, 0) is 17.7 Å². The van der Waals surface area contributed by atoms with E-state index in [4.69, 9.17) is 33.5 Å². The third-order valence-electron chi connectivity index (χ3n) is 4.44. The van der Waals surface area contributed by atoms with Crippen molar-refractivity contribution in [1.82, 2.24) is 4.98 Å². The Hall–Kier alpha value is -3.43. The number of aromatic nitrogens is 1. The van der Waals surface area contributed by atoms with Crippen molar-refractivity contribution in [2.75, 3.05) is 17.2 Å². The molecule has 1 aromatic heterocycles. The molecule has 0 amide bonds. The van der Waals surface area contributed by atoms with E-state index in [0.717, 1.165) is 11.1 Å². The van der Waals surface area contributed by atoms with E-state index in [-0.39, 0.29) is 28.9 Å². The van der Waals surface area contributed by atoms with E-state index in [1.807, 2.05) is 30.3 Å². The van der Waals surface area contributed by atoms with Crippen molar-refractivity contribution >= 4 is 28.8 Å². The summed E-state index contributed by atoms with van der Waals surface area (Å²) in [6.45, 7) is 0. The zero-order chi connectivity index (χ0) is 18.4. The Morgan fingerprint density at radius 1 is 1.08 bits per heavy atom. The Kier molecular flexibility index (Phi) is 3.60. The molecule has 1 aliphatic rings. The second-order valence-electron chi connectivity index (χ2n) is 5.97. The maximum atomic E-state index is 9.41. The number of nitrogens with zero attached hydrogens (tertiary/aromatic N) is 2. The van der Waals surface area contributed by atoms with Crippen LogP contribution in [0, 0.1) is 11.3 Å². The van der Waals surface area contributed by atoms with Gasteiger partial charge in [-0.3, -0.25) is 0 Å². The molecule has 0 fully saturated rings. The Morgan fingerprint density at radius 3 is 2.58 bits per heavy atom. The van der Waals surface area contributed by atoms with Crippen LogP contribution in [0.25, 0.3) is 0 Å². The minimum Gasteiger partial charge on any atom is -0.438 e. The standard InChI is InChI=1S/C19H14ClN5O/c20-13-4-2-1-3-10(13)15-11-6-5-9(22)7-14(11)26-19-16(15)17(23)12(8-21)18(24)25-19/h1-7,15H,22H2,(H4,23,24,25)/t15-/m1/s1. The molecule has 2 heterocycles. The molecular weight excluding hydrogens is 350 g/mol. The van der Waals surface area contributed by atoms with Gasteiger partial charge >= 0.3 is 0 Å². The molecule has 0 spiro atoms. The number of halogens is 1. The number of nitrogens with two attached hydrogens (primary N) is 3. The number of hydrogen-bond acceptors (Lipinski definition) is 6. The number of rotatable bonds is 1. The van der Waals surface area contributed by atoms with Gasteiger partial charge in [-0.15, -0.1) is 0 Å². The lowest BCUT2D eigenvalue weighted by Gasteiger charge is -2.30.